The van der Waals surface area contributed by atoms with Crippen LogP contribution in [0.4, 0.5) is 5.69 Å². The third kappa shape index (κ3) is 4.52. The number of nitrogens with zero attached hydrogens (tertiary/aromatic N) is 1. The number of nitrogens with one attached hydrogen (secondary N) is 1. The van der Waals surface area contributed by atoms with Crippen LogP contribution < -0.4 is 14.8 Å². The molecule has 1 amide bonds. The Labute approximate surface area is 163 Å². The van der Waals surface area contributed by atoms with Crippen molar-refractivity contribution in [2.75, 3.05) is 24.8 Å². The Hall–Kier alpha value is -2.73. The Morgan fingerprint density at radius 3 is 2.70 bits per heavy atom. The van der Waals surface area contributed by atoms with E-state index >= 15 is 0 Å². The van der Waals surface area contributed by atoms with Crippen molar-refractivity contribution in [3.05, 3.63) is 54.1 Å². The fourth-order valence-corrected chi connectivity index (χ4v) is 3.54. The van der Waals surface area contributed by atoms with Gasteiger partial charge >= 0.3 is 0 Å². The minimum Gasteiger partial charge on any atom is -0.494 e. The molecule has 0 radical (unpaired) electrons. The molecule has 0 bridgehead atoms. The van der Waals surface area contributed by atoms with Crippen molar-refractivity contribution in [1.82, 2.24) is 4.98 Å². The van der Waals surface area contributed by atoms with Gasteiger partial charge in [0.25, 0.3) is 0 Å². The highest BCUT2D eigenvalue weighted by atomic mass is 32.2. The first kappa shape index (κ1) is 19.0. The summed E-state index contributed by atoms with van der Waals surface area (Å²) in [6.07, 6.45) is 0. The van der Waals surface area contributed by atoms with Crippen molar-refractivity contribution in [1.29, 1.82) is 0 Å². The number of anilines is 1. The fourth-order valence-electron chi connectivity index (χ4n) is 2.78. The van der Waals surface area contributed by atoms with Crippen LogP contribution in [0.5, 0.6) is 11.5 Å². The lowest BCUT2D eigenvalue weighted by atomic mass is 10.1. The number of carbonyl (C=O) groups excluding carboxylic acids is 1. The lowest BCUT2D eigenvalue weighted by molar-refractivity contribution is -0.113. The van der Waals surface area contributed by atoms with Gasteiger partial charge in [-0.2, -0.15) is 0 Å². The van der Waals surface area contributed by atoms with Crippen molar-refractivity contribution < 1.29 is 14.3 Å². The SMILES string of the molecule is CCOc1ccccc1NC(=O)CSc1cc(C)c2cccc(OC)c2n1. The van der Waals surface area contributed by atoms with Gasteiger partial charge in [-0.05, 0) is 43.7 Å². The predicted octanol–water partition coefficient (Wildman–Crippen LogP) is 4.68. The number of ether oxygens (including phenoxy) is 2. The standard InChI is InChI=1S/C21H22N2O3S/c1-4-26-17-10-6-5-9-16(17)22-19(24)13-27-20-12-14(2)15-8-7-11-18(25-3)21(15)23-20/h5-12H,4,13H2,1-3H3,(H,22,24). The van der Waals surface area contributed by atoms with E-state index in [0.717, 1.165) is 27.2 Å². The summed E-state index contributed by atoms with van der Waals surface area (Å²) in [5.41, 5.74) is 2.59. The number of rotatable bonds is 7. The molecule has 3 aromatic rings. The van der Waals surface area contributed by atoms with Crippen LogP contribution in [-0.4, -0.2) is 30.4 Å². The van der Waals surface area contributed by atoms with Gasteiger partial charge in [0.15, 0.2) is 0 Å². The number of methoxy groups -OCH3 is 1. The molecule has 2 aromatic carbocycles. The number of hydrogen-bond acceptors (Lipinski definition) is 5. The molecule has 0 unspecified atom stereocenters. The third-order valence-corrected chi connectivity index (χ3v) is 4.93. The Balaban J connectivity index is 1.72. The number of carbonyl (C=O) groups is 1. The van der Waals surface area contributed by atoms with Gasteiger partial charge in [-0.15, -0.1) is 0 Å². The molecule has 1 N–H and O–H groups in total. The molecule has 0 saturated heterocycles. The largest absolute Gasteiger partial charge is 0.494 e. The smallest absolute Gasteiger partial charge is 0.234 e. The summed E-state index contributed by atoms with van der Waals surface area (Å²) in [6.45, 7) is 4.49. The van der Waals surface area contributed by atoms with Gasteiger partial charge in [-0.25, -0.2) is 4.98 Å². The zero-order valence-electron chi connectivity index (χ0n) is 15.6. The van der Waals surface area contributed by atoms with Gasteiger partial charge in [0.05, 0.1) is 30.2 Å². The molecule has 0 aliphatic carbocycles. The second-order valence-corrected chi connectivity index (χ2v) is 6.90. The van der Waals surface area contributed by atoms with Gasteiger partial charge in [0.1, 0.15) is 17.0 Å². The zero-order valence-corrected chi connectivity index (χ0v) is 16.4. The predicted molar refractivity (Wildman–Crippen MR) is 110 cm³/mol. The van der Waals surface area contributed by atoms with E-state index in [4.69, 9.17) is 9.47 Å². The first-order valence-electron chi connectivity index (χ1n) is 8.71. The summed E-state index contributed by atoms with van der Waals surface area (Å²) in [4.78, 5) is 17.0. The molecule has 0 saturated carbocycles. The summed E-state index contributed by atoms with van der Waals surface area (Å²) >= 11 is 1.40. The summed E-state index contributed by atoms with van der Waals surface area (Å²) in [5.74, 6) is 1.55. The van der Waals surface area contributed by atoms with Crippen LogP contribution in [0.3, 0.4) is 0 Å². The number of thioether (sulfide) groups is 1. The number of benzene rings is 2. The maximum atomic E-state index is 12.4. The first-order chi connectivity index (χ1) is 13.1. The van der Waals surface area contributed by atoms with Crippen LogP contribution in [0.25, 0.3) is 10.9 Å². The fraction of sp³-hybridized carbons (Fsp3) is 0.238. The van der Waals surface area contributed by atoms with Crippen LogP contribution >= 0.6 is 11.8 Å². The molecule has 1 aromatic heterocycles. The Bertz CT molecular complexity index is 959. The molecule has 140 valence electrons. The topological polar surface area (TPSA) is 60.5 Å². The average molecular weight is 382 g/mol. The van der Waals surface area contributed by atoms with Crippen LogP contribution in [0, 0.1) is 6.92 Å². The van der Waals surface area contributed by atoms with Gasteiger partial charge < -0.3 is 14.8 Å². The van der Waals surface area contributed by atoms with E-state index in [1.54, 1.807) is 7.11 Å². The van der Waals surface area contributed by atoms with Crippen LogP contribution in [-0.2, 0) is 4.79 Å². The highest BCUT2D eigenvalue weighted by Crippen LogP contribution is 2.30. The molecule has 1 heterocycles. The van der Waals surface area contributed by atoms with Gasteiger partial charge in [-0.3, -0.25) is 4.79 Å². The van der Waals surface area contributed by atoms with Crippen LogP contribution in [0.2, 0.25) is 0 Å². The van der Waals surface area contributed by atoms with Crippen molar-refractivity contribution in [3.8, 4) is 11.5 Å². The van der Waals surface area contributed by atoms with Gasteiger partial charge in [-0.1, -0.05) is 36.0 Å². The van der Waals surface area contributed by atoms with E-state index in [-0.39, 0.29) is 11.7 Å². The zero-order chi connectivity index (χ0) is 19.2. The van der Waals surface area contributed by atoms with E-state index in [1.807, 2.05) is 62.4 Å². The molecular weight excluding hydrogens is 360 g/mol. The normalized spacial score (nSPS) is 10.6. The number of aromatic nitrogens is 1. The Morgan fingerprint density at radius 2 is 1.93 bits per heavy atom. The minimum absolute atomic E-state index is 0.105. The van der Waals surface area contributed by atoms with Gasteiger partial charge in [0.2, 0.25) is 5.91 Å². The van der Waals surface area contributed by atoms with E-state index in [0.29, 0.717) is 18.0 Å². The molecule has 0 spiro atoms. The molecule has 27 heavy (non-hydrogen) atoms. The molecule has 0 fully saturated rings. The number of pyridine rings is 1. The lowest BCUT2D eigenvalue weighted by Crippen LogP contribution is -2.15. The highest BCUT2D eigenvalue weighted by molar-refractivity contribution is 7.99. The van der Waals surface area contributed by atoms with Crippen LogP contribution in [0.1, 0.15) is 12.5 Å². The summed E-state index contributed by atoms with van der Waals surface area (Å²) in [7, 11) is 1.63. The third-order valence-electron chi connectivity index (χ3n) is 4.02. The molecule has 0 atom stereocenters. The summed E-state index contributed by atoms with van der Waals surface area (Å²) < 4.78 is 11.0. The van der Waals surface area contributed by atoms with Crippen LogP contribution in [0.15, 0.2) is 53.6 Å². The number of hydrogen-bond donors (Lipinski definition) is 1. The Morgan fingerprint density at radius 1 is 1.15 bits per heavy atom. The number of fused-ring (bicyclic) bond motifs is 1. The second kappa shape index (κ2) is 8.77. The van der Waals surface area contributed by atoms with E-state index in [9.17, 15) is 4.79 Å². The maximum Gasteiger partial charge on any atom is 0.234 e. The highest BCUT2D eigenvalue weighted by Gasteiger charge is 2.11. The van der Waals surface area contributed by atoms with E-state index in [1.165, 1.54) is 11.8 Å². The van der Waals surface area contributed by atoms with E-state index in [2.05, 4.69) is 10.3 Å². The molecule has 6 heteroatoms. The van der Waals surface area contributed by atoms with E-state index < -0.39 is 0 Å². The number of aryl methyl sites for hydroxylation is 1. The second-order valence-electron chi connectivity index (χ2n) is 5.90. The average Bonchev–Trinajstić information content (AvgIpc) is 2.68. The molecule has 5 nitrogen and oxygen atoms in total. The van der Waals surface area contributed by atoms with Crippen molar-refractivity contribution in [2.24, 2.45) is 0 Å². The molecule has 0 aliphatic rings. The van der Waals surface area contributed by atoms with Crippen molar-refractivity contribution in [2.45, 2.75) is 18.9 Å². The summed E-state index contributed by atoms with van der Waals surface area (Å²) in [5, 5.41) is 4.74. The van der Waals surface area contributed by atoms with Crippen molar-refractivity contribution >= 4 is 34.3 Å². The first-order valence-corrected chi connectivity index (χ1v) is 9.69. The number of para-hydroxylation sites is 3. The summed E-state index contributed by atoms with van der Waals surface area (Å²) in [6, 6.07) is 15.3. The molecule has 0 aliphatic heterocycles. The lowest BCUT2D eigenvalue weighted by Gasteiger charge is -2.12. The maximum absolute atomic E-state index is 12.4. The Kier molecular flexibility index (Phi) is 6.19. The quantitative estimate of drug-likeness (QED) is 0.601. The minimum atomic E-state index is -0.105. The monoisotopic (exact) mass is 382 g/mol. The van der Waals surface area contributed by atoms with Gasteiger partial charge in [0, 0.05) is 5.39 Å². The molecular formula is C21H22N2O3S. The molecule has 3 rings (SSSR count). The number of amides is 1. The van der Waals surface area contributed by atoms with Crippen molar-refractivity contribution in [3.63, 3.8) is 0 Å².